The zero-order valence-corrected chi connectivity index (χ0v) is 17.7. The SMILES string of the molecule is C=CCn1c(SCC(=O)Nc2ccccc2F)nnc1C(C)Oc1ccccc1C. The number of benzene rings is 2. The van der Waals surface area contributed by atoms with E-state index in [0.717, 1.165) is 11.3 Å². The molecule has 1 N–H and O–H groups in total. The predicted molar refractivity (Wildman–Crippen MR) is 116 cm³/mol. The van der Waals surface area contributed by atoms with Crippen LogP contribution in [0.15, 0.2) is 66.3 Å². The molecular weight excluding hydrogens is 403 g/mol. The van der Waals surface area contributed by atoms with Gasteiger partial charge in [0.25, 0.3) is 0 Å². The average Bonchev–Trinajstić information content (AvgIpc) is 3.13. The van der Waals surface area contributed by atoms with Crippen LogP contribution >= 0.6 is 11.8 Å². The summed E-state index contributed by atoms with van der Waals surface area (Å²) < 4.78 is 21.6. The Labute approximate surface area is 179 Å². The van der Waals surface area contributed by atoms with Crippen molar-refractivity contribution in [1.82, 2.24) is 14.8 Å². The van der Waals surface area contributed by atoms with Gasteiger partial charge >= 0.3 is 0 Å². The number of para-hydroxylation sites is 2. The summed E-state index contributed by atoms with van der Waals surface area (Å²) in [5.41, 5.74) is 1.18. The molecule has 3 aromatic rings. The number of rotatable bonds is 9. The first kappa shape index (κ1) is 21.6. The van der Waals surface area contributed by atoms with Gasteiger partial charge in [0, 0.05) is 6.54 Å². The maximum Gasteiger partial charge on any atom is 0.234 e. The summed E-state index contributed by atoms with van der Waals surface area (Å²) in [6.45, 7) is 8.14. The fourth-order valence-corrected chi connectivity index (χ4v) is 3.57. The molecule has 0 fully saturated rings. The molecule has 0 radical (unpaired) electrons. The Hall–Kier alpha value is -3.13. The smallest absolute Gasteiger partial charge is 0.234 e. The summed E-state index contributed by atoms with van der Waals surface area (Å²) in [6.07, 6.45) is 1.39. The Balaban J connectivity index is 1.69. The van der Waals surface area contributed by atoms with E-state index in [-0.39, 0.29) is 23.5 Å². The van der Waals surface area contributed by atoms with E-state index in [9.17, 15) is 9.18 Å². The van der Waals surface area contributed by atoms with Crippen molar-refractivity contribution in [3.63, 3.8) is 0 Å². The van der Waals surface area contributed by atoms with Crippen LogP contribution in [0.3, 0.4) is 0 Å². The summed E-state index contributed by atoms with van der Waals surface area (Å²) in [5.74, 6) is 0.669. The summed E-state index contributed by atoms with van der Waals surface area (Å²) in [7, 11) is 0. The number of hydrogen-bond acceptors (Lipinski definition) is 5. The van der Waals surface area contributed by atoms with E-state index in [1.54, 1.807) is 18.2 Å². The fraction of sp³-hybridized carbons (Fsp3) is 0.227. The van der Waals surface area contributed by atoms with E-state index in [0.29, 0.717) is 17.5 Å². The Morgan fingerprint density at radius 1 is 1.27 bits per heavy atom. The second-order valence-electron chi connectivity index (χ2n) is 6.58. The molecule has 1 atom stereocenters. The molecule has 1 aromatic heterocycles. The zero-order chi connectivity index (χ0) is 21.5. The van der Waals surface area contributed by atoms with Crippen molar-refractivity contribution in [2.45, 2.75) is 31.7 Å². The van der Waals surface area contributed by atoms with Crippen molar-refractivity contribution in [1.29, 1.82) is 0 Å². The average molecular weight is 427 g/mol. The summed E-state index contributed by atoms with van der Waals surface area (Å²) in [6, 6.07) is 13.8. The van der Waals surface area contributed by atoms with Crippen LogP contribution in [0.5, 0.6) is 5.75 Å². The summed E-state index contributed by atoms with van der Waals surface area (Å²) in [5, 5.41) is 11.6. The number of nitrogens with zero attached hydrogens (tertiary/aromatic N) is 3. The number of anilines is 1. The van der Waals surface area contributed by atoms with Gasteiger partial charge in [-0.2, -0.15) is 0 Å². The molecule has 0 bridgehead atoms. The lowest BCUT2D eigenvalue weighted by Crippen LogP contribution is -2.16. The number of amides is 1. The normalized spacial score (nSPS) is 11.7. The molecule has 8 heteroatoms. The standard InChI is InChI=1S/C22H23FN4O2S/c1-4-13-27-21(16(3)29-19-12-8-5-9-15(19)2)25-26-22(27)30-14-20(28)24-18-11-7-6-10-17(18)23/h4-12,16H,1,13-14H2,2-3H3,(H,24,28). The highest BCUT2D eigenvalue weighted by molar-refractivity contribution is 7.99. The molecule has 1 unspecified atom stereocenters. The number of halogens is 1. The van der Waals surface area contributed by atoms with Gasteiger partial charge in [-0.15, -0.1) is 16.8 Å². The Kier molecular flexibility index (Phi) is 7.24. The Morgan fingerprint density at radius 2 is 2.00 bits per heavy atom. The monoisotopic (exact) mass is 426 g/mol. The molecule has 1 heterocycles. The third-order valence-corrected chi connectivity index (χ3v) is 5.27. The van der Waals surface area contributed by atoms with Crippen LogP contribution in [0.25, 0.3) is 0 Å². The molecular formula is C22H23FN4O2S. The van der Waals surface area contributed by atoms with Crippen molar-refractivity contribution in [3.8, 4) is 5.75 Å². The molecule has 6 nitrogen and oxygen atoms in total. The van der Waals surface area contributed by atoms with Crippen LogP contribution in [0.1, 0.15) is 24.4 Å². The van der Waals surface area contributed by atoms with E-state index in [1.807, 2.05) is 42.7 Å². The molecule has 3 rings (SSSR count). The summed E-state index contributed by atoms with van der Waals surface area (Å²) in [4.78, 5) is 12.2. The molecule has 0 saturated carbocycles. The minimum Gasteiger partial charge on any atom is -0.482 e. The van der Waals surface area contributed by atoms with Crippen LogP contribution < -0.4 is 10.1 Å². The molecule has 0 saturated heterocycles. The fourth-order valence-electron chi connectivity index (χ4n) is 2.82. The lowest BCUT2D eigenvalue weighted by Gasteiger charge is -2.17. The largest absolute Gasteiger partial charge is 0.482 e. The van der Waals surface area contributed by atoms with Gasteiger partial charge in [0.05, 0.1) is 11.4 Å². The predicted octanol–water partition coefficient (Wildman–Crippen LogP) is 4.78. The van der Waals surface area contributed by atoms with Gasteiger partial charge in [-0.05, 0) is 37.6 Å². The number of aryl methyl sites for hydroxylation is 1. The van der Waals surface area contributed by atoms with Gasteiger partial charge in [0.1, 0.15) is 11.6 Å². The minimum atomic E-state index is -0.477. The molecule has 30 heavy (non-hydrogen) atoms. The third kappa shape index (κ3) is 5.27. The number of allylic oxidation sites excluding steroid dienone is 1. The van der Waals surface area contributed by atoms with Gasteiger partial charge in [0.15, 0.2) is 17.1 Å². The molecule has 0 aliphatic heterocycles. The lowest BCUT2D eigenvalue weighted by molar-refractivity contribution is -0.113. The maximum absolute atomic E-state index is 13.7. The van der Waals surface area contributed by atoms with Crippen molar-refractivity contribution < 1.29 is 13.9 Å². The first-order chi connectivity index (χ1) is 14.5. The number of aromatic nitrogens is 3. The van der Waals surface area contributed by atoms with Crippen LogP contribution in [0.4, 0.5) is 10.1 Å². The highest BCUT2D eigenvalue weighted by atomic mass is 32.2. The Bertz CT molecular complexity index is 1040. The molecule has 0 aliphatic carbocycles. The van der Waals surface area contributed by atoms with Gasteiger partial charge in [-0.3, -0.25) is 9.36 Å². The van der Waals surface area contributed by atoms with Crippen LogP contribution in [0, 0.1) is 12.7 Å². The molecule has 1 amide bonds. The van der Waals surface area contributed by atoms with Crippen LogP contribution in [-0.4, -0.2) is 26.4 Å². The minimum absolute atomic E-state index is 0.0661. The summed E-state index contributed by atoms with van der Waals surface area (Å²) >= 11 is 1.22. The molecule has 156 valence electrons. The van der Waals surface area contributed by atoms with E-state index >= 15 is 0 Å². The lowest BCUT2D eigenvalue weighted by atomic mass is 10.2. The highest BCUT2D eigenvalue weighted by Crippen LogP contribution is 2.26. The van der Waals surface area contributed by atoms with Gasteiger partial charge in [0.2, 0.25) is 5.91 Å². The van der Waals surface area contributed by atoms with Crippen molar-refractivity contribution in [2.75, 3.05) is 11.1 Å². The van der Waals surface area contributed by atoms with Crippen molar-refractivity contribution in [2.24, 2.45) is 0 Å². The maximum atomic E-state index is 13.7. The number of nitrogens with one attached hydrogen (secondary N) is 1. The van der Waals surface area contributed by atoms with Crippen molar-refractivity contribution in [3.05, 3.63) is 78.4 Å². The number of carbonyl (C=O) groups is 1. The van der Waals surface area contributed by atoms with Crippen molar-refractivity contribution >= 4 is 23.4 Å². The van der Waals surface area contributed by atoms with E-state index in [4.69, 9.17) is 4.74 Å². The van der Waals surface area contributed by atoms with Gasteiger partial charge in [-0.1, -0.05) is 48.2 Å². The van der Waals surface area contributed by atoms with E-state index in [1.165, 1.54) is 23.9 Å². The van der Waals surface area contributed by atoms with Gasteiger partial charge < -0.3 is 10.1 Å². The topological polar surface area (TPSA) is 69.0 Å². The first-order valence-corrected chi connectivity index (χ1v) is 10.4. The van der Waals surface area contributed by atoms with Crippen LogP contribution in [-0.2, 0) is 11.3 Å². The first-order valence-electron chi connectivity index (χ1n) is 9.43. The van der Waals surface area contributed by atoms with Crippen LogP contribution in [0.2, 0.25) is 0 Å². The quantitative estimate of drug-likeness (QED) is 0.394. The van der Waals surface area contributed by atoms with E-state index in [2.05, 4.69) is 22.1 Å². The zero-order valence-electron chi connectivity index (χ0n) is 16.8. The van der Waals surface area contributed by atoms with Gasteiger partial charge in [-0.25, -0.2) is 4.39 Å². The third-order valence-electron chi connectivity index (χ3n) is 4.30. The number of ether oxygens (including phenoxy) is 1. The number of thioether (sulfide) groups is 1. The molecule has 0 spiro atoms. The number of hydrogen-bond donors (Lipinski definition) is 1. The Morgan fingerprint density at radius 3 is 2.73 bits per heavy atom. The second-order valence-corrected chi connectivity index (χ2v) is 7.52. The highest BCUT2D eigenvalue weighted by Gasteiger charge is 2.20. The number of carbonyl (C=O) groups excluding carboxylic acids is 1. The second kappa shape index (κ2) is 10.1. The molecule has 2 aromatic carbocycles. The van der Waals surface area contributed by atoms with E-state index < -0.39 is 5.82 Å². The molecule has 0 aliphatic rings.